The number of rotatable bonds is 9. The molecule has 4 rings (SSSR count). The van der Waals surface area contributed by atoms with Crippen LogP contribution in [0.4, 0.5) is 5.69 Å². The van der Waals surface area contributed by atoms with E-state index < -0.39 is 24.0 Å². The predicted octanol–water partition coefficient (Wildman–Crippen LogP) is 5.59. The molecule has 0 radical (unpaired) electrons. The van der Waals surface area contributed by atoms with E-state index in [0.29, 0.717) is 31.7 Å². The number of carboxylic acid groups (broad SMARTS) is 1. The number of carbonyl (C=O) groups excluding carboxylic acids is 2. The van der Waals surface area contributed by atoms with Gasteiger partial charge in [0.25, 0.3) is 0 Å². The van der Waals surface area contributed by atoms with Crippen LogP contribution >= 0.6 is 0 Å². The zero-order valence-corrected chi connectivity index (χ0v) is 22.3. The fourth-order valence-electron chi connectivity index (χ4n) is 5.30. The molecule has 2 unspecified atom stereocenters. The minimum atomic E-state index is -1.10. The molecule has 1 aliphatic rings. The highest BCUT2D eigenvalue weighted by atomic mass is 16.4. The SMILES string of the molecule is CC(=O)N(C(CCc1ccccc1)C(=O)O)C1CCc2ccccc2N(Cc2ccc(C(C)C)cc2)C1=O. The second-order valence-electron chi connectivity index (χ2n) is 10.3. The number of carboxylic acids is 1. The molecule has 1 aliphatic heterocycles. The smallest absolute Gasteiger partial charge is 0.326 e. The van der Waals surface area contributed by atoms with Crippen LogP contribution in [0.1, 0.15) is 61.8 Å². The van der Waals surface area contributed by atoms with Crippen LogP contribution in [-0.4, -0.2) is 39.9 Å². The van der Waals surface area contributed by atoms with Gasteiger partial charge >= 0.3 is 5.97 Å². The Balaban J connectivity index is 1.66. The molecule has 0 aromatic heterocycles. The Bertz CT molecular complexity index is 1270. The van der Waals surface area contributed by atoms with Crippen molar-refractivity contribution >= 4 is 23.5 Å². The maximum absolute atomic E-state index is 14.2. The number of anilines is 1. The van der Waals surface area contributed by atoms with Crippen LogP contribution in [0.15, 0.2) is 78.9 Å². The summed E-state index contributed by atoms with van der Waals surface area (Å²) in [5.41, 5.74) is 5.02. The number of benzene rings is 3. The van der Waals surface area contributed by atoms with E-state index in [0.717, 1.165) is 22.4 Å². The fraction of sp³-hybridized carbons (Fsp3) is 0.344. The Labute approximate surface area is 224 Å². The first-order chi connectivity index (χ1) is 18.3. The predicted molar refractivity (Wildman–Crippen MR) is 149 cm³/mol. The van der Waals surface area contributed by atoms with Crippen LogP contribution in [0.5, 0.6) is 0 Å². The van der Waals surface area contributed by atoms with Crippen LogP contribution in [0.25, 0.3) is 0 Å². The Kier molecular flexibility index (Phi) is 8.62. The molecular weight excluding hydrogens is 476 g/mol. The molecule has 0 saturated heterocycles. The quantitative estimate of drug-likeness (QED) is 0.405. The van der Waals surface area contributed by atoms with Crippen molar-refractivity contribution in [3.8, 4) is 0 Å². The molecule has 0 saturated carbocycles. The zero-order valence-electron chi connectivity index (χ0n) is 22.3. The summed E-state index contributed by atoms with van der Waals surface area (Å²) in [7, 11) is 0. The van der Waals surface area contributed by atoms with Gasteiger partial charge in [0.15, 0.2) is 0 Å². The van der Waals surface area contributed by atoms with Crippen molar-refractivity contribution in [1.82, 2.24) is 4.90 Å². The summed E-state index contributed by atoms with van der Waals surface area (Å²) in [4.78, 5) is 42.7. The number of nitrogens with zero attached hydrogens (tertiary/aromatic N) is 2. The third-order valence-electron chi connectivity index (χ3n) is 7.38. The van der Waals surface area contributed by atoms with E-state index in [2.05, 4.69) is 26.0 Å². The van der Waals surface area contributed by atoms with Gasteiger partial charge in [-0.25, -0.2) is 4.79 Å². The number of aliphatic carboxylic acids is 1. The Morgan fingerprint density at radius 3 is 2.24 bits per heavy atom. The molecule has 2 amide bonds. The van der Waals surface area contributed by atoms with Crippen LogP contribution < -0.4 is 4.90 Å². The van der Waals surface area contributed by atoms with Gasteiger partial charge in [-0.2, -0.15) is 0 Å². The van der Waals surface area contributed by atoms with Crippen molar-refractivity contribution in [2.24, 2.45) is 0 Å². The van der Waals surface area contributed by atoms with Crippen molar-refractivity contribution in [3.63, 3.8) is 0 Å². The van der Waals surface area contributed by atoms with E-state index in [-0.39, 0.29) is 12.3 Å². The van der Waals surface area contributed by atoms with Crippen LogP contribution in [0, 0.1) is 0 Å². The van der Waals surface area contributed by atoms with E-state index in [1.165, 1.54) is 17.4 Å². The van der Waals surface area contributed by atoms with Crippen LogP contribution in [0.3, 0.4) is 0 Å². The first-order valence-corrected chi connectivity index (χ1v) is 13.3. The topological polar surface area (TPSA) is 77.9 Å². The molecule has 38 heavy (non-hydrogen) atoms. The molecule has 0 fully saturated rings. The summed E-state index contributed by atoms with van der Waals surface area (Å²) >= 11 is 0. The van der Waals surface area contributed by atoms with E-state index in [9.17, 15) is 19.5 Å². The largest absolute Gasteiger partial charge is 0.480 e. The van der Waals surface area contributed by atoms with Gasteiger partial charge in [0.1, 0.15) is 12.1 Å². The number of hydrogen-bond acceptors (Lipinski definition) is 3. The zero-order chi connectivity index (χ0) is 27.2. The molecule has 1 heterocycles. The normalized spacial score (nSPS) is 16.1. The van der Waals surface area contributed by atoms with Gasteiger partial charge in [-0.15, -0.1) is 0 Å². The summed E-state index contributed by atoms with van der Waals surface area (Å²) in [6, 6.07) is 23.7. The van der Waals surface area contributed by atoms with E-state index in [1.807, 2.05) is 66.7 Å². The van der Waals surface area contributed by atoms with Crippen molar-refractivity contribution in [3.05, 3.63) is 101 Å². The number of carbonyl (C=O) groups is 3. The lowest BCUT2D eigenvalue weighted by atomic mass is 9.99. The highest BCUT2D eigenvalue weighted by molar-refractivity contribution is 6.01. The molecule has 1 N–H and O–H groups in total. The first-order valence-electron chi connectivity index (χ1n) is 13.3. The highest BCUT2D eigenvalue weighted by Crippen LogP contribution is 2.32. The van der Waals surface area contributed by atoms with E-state index >= 15 is 0 Å². The second kappa shape index (κ2) is 12.1. The minimum Gasteiger partial charge on any atom is -0.480 e. The molecule has 0 bridgehead atoms. The fourth-order valence-corrected chi connectivity index (χ4v) is 5.30. The summed E-state index contributed by atoms with van der Waals surface area (Å²) < 4.78 is 0. The Morgan fingerprint density at radius 2 is 1.61 bits per heavy atom. The monoisotopic (exact) mass is 512 g/mol. The molecule has 2 atom stereocenters. The lowest BCUT2D eigenvalue weighted by Crippen LogP contribution is -2.56. The lowest BCUT2D eigenvalue weighted by molar-refractivity contribution is -0.154. The van der Waals surface area contributed by atoms with Crippen molar-refractivity contribution < 1.29 is 19.5 Å². The van der Waals surface area contributed by atoms with Crippen LogP contribution in [0.2, 0.25) is 0 Å². The molecule has 6 heteroatoms. The van der Waals surface area contributed by atoms with Gasteiger partial charge in [0.2, 0.25) is 11.8 Å². The molecule has 0 aliphatic carbocycles. The first kappa shape index (κ1) is 27.1. The summed E-state index contributed by atoms with van der Waals surface area (Å²) in [5.74, 6) is -1.34. The Hall–Kier alpha value is -3.93. The third-order valence-corrected chi connectivity index (χ3v) is 7.38. The van der Waals surface area contributed by atoms with Crippen LogP contribution in [-0.2, 0) is 33.8 Å². The number of amides is 2. The lowest BCUT2D eigenvalue weighted by Gasteiger charge is -2.36. The molecular formula is C32H36N2O4. The van der Waals surface area contributed by atoms with Crippen molar-refractivity contribution in [2.45, 2.75) is 71.0 Å². The van der Waals surface area contributed by atoms with Gasteiger partial charge in [-0.3, -0.25) is 9.59 Å². The Morgan fingerprint density at radius 1 is 0.947 bits per heavy atom. The average Bonchev–Trinajstić information content (AvgIpc) is 3.03. The number of aryl methyl sites for hydroxylation is 2. The number of hydrogen-bond donors (Lipinski definition) is 1. The third kappa shape index (κ3) is 6.13. The average molecular weight is 513 g/mol. The summed E-state index contributed by atoms with van der Waals surface area (Å²) in [6.07, 6.45) is 1.67. The molecule has 3 aromatic rings. The number of fused-ring (bicyclic) bond motifs is 1. The van der Waals surface area contributed by atoms with Gasteiger partial charge in [0.05, 0.1) is 6.54 Å². The van der Waals surface area contributed by atoms with Crippen molar-refractivity contribution in [1.29, 1.82) is 0 Å². The summed E-state index contributed by atoms with van der Waals surface area (Å²) in [5, 5.41) is 10.2. The number of para-hydroxylation sites is 1. The maximum atomic E-state index is 14.2. The highest BCUT2D eigenvalue weighted by Gasteiger charge is 2.40. The summed E-state index contributed by atoms with van der Waals surface area (Å²) in [6.45, 7) is 5.99. The molecule has 198 valence electrons. The van der Waals surface area contributed by atoms with Gasteiger partial charge in [-0.1, -0.05) is 86.6 Å². The standard InChI is InChI=1S/C32H36N2O4/c1-22(2)26-16-13-25(14-17-26)21-33-28-12-8-7-11-27(28)18-20-29(31(33)36)34(23(3)35)30(32(37)38)19-15-24-9-5-4-6-10-24/h4-14,16-17,22,29-30H,15,18-21H2,1-3H3,(H,37,38). The maximum Gasteiger partial charge on any atom is 0.326 e. The van der Waals surface area contributed by atoms with Gasteiger partial charge < -0.3 is 14.9 Å². The molecule has 3 aromatic carbocycles. The van der Waals surface area contributed by atoms with Gasteiger partial charge in [-0.05, 0) is 59.9 Å². The molecule has 0 spiro atoms. The van der Waals surface area contributed by atoms with Gasteiger partial charge in [0, 0.05) is 12.6 Å². The van der Waals surface area contributed by atoms with E-state index in [1.54, 1.807) is 4.90 Å². The van der Waals surface area contributed by atoms with Crippen molar-refractivity contribution in [2.75, 3.05) is 4.90 Å². The molecule has 6 nitrogen and oxygen atoms in total. The minimum absolute atomic E-state index is 0.228. The second-order valence-corrected chi connectivity index (χ2v) is 10.3. The van der Waals surface area contributed by atoms with E-state index in [4.69, 9.17) is 0 Å².